The molecule has 62 valence electrons. The van der Waals surface area contributed by atoms with Crippen LogP contribution in [0.4, 0.5) is 5.69 Å². The zero-order valence-corrected chi connectivity index (χ0v) is 11.5. The molecule has 0 amide bonds. The number of hydrogen-bond acceptors (Lipinski definition) is 1. The van der Waals surface area contributed by atoms with Crippen LogP contribution in [-0.4, -0.2) is 4.98 Å². The Bertz CT molecular complexity index is 426. The Morgan fingerprint density at radius 2 is 2.00 bits per heavy atom. The van der Waals surface area contributed by atoms with Gasteiger partial charge in [0.2, 0.25) is 0 Å². The summed E-state index contributed by atoms with van der Waals surface area (Å²) in [5.74, 6) is 0. The first kappa shape index (κ1) is 10.6. The molecular weight excluding hydrogens is 386 g/mol. The normalized spacial score (nSPS) is 9.62. The molecule has 0 bridgehead atoms. The molecule has 1 aromatic heterocycles. The topological polar surface area (TPSA) is 36.7 Å². The first-order valence-electron chi connectivity index (χ1n) is 3.84. The maximum Gasteiger partial charge on any atom is 2.00 e. The number of rotatable bonds is 0. The summed E-state index contributed by atoms with van der Waals surface area (Å²) in [6.07, 6.45) is 1.67. The van der Waals surface area contributed by atoms with Gasteiger partial charge in [0.25, 0.3) is 0 Å². The number of fused-ring (bicyclic) bond motifs is 1. The monoisotopic (exact) mass is 395 g/mol. The number of nitrogens with zero attached hydrogens (tertiary/aromatic N) is 1. The van der Waals surface area contributed by atoms with E-state index < -0.39 is 0 Å². The van der Waals surface area contributed by atoms with Crippen LogP contribution in [0.5, 0.6) is 0 Å². The number of nitrogens with one attached hydrogen (secondary N) is 1. The van der Waals surface area contributed by atoms with E-state index in [2.05, 4.69) is 4.98 Å². The predicted octanol–water partition coefficient (Wildman–Crippen LogP) is 3.23. The summed E-state index contributed by atoms with van der Waals surface area (Å²) in [7, 11) is 0. The standard InChI is InChI=1S/C10H9N2.U/c1-7-2-3-10-8(6-7)9(11)4-5-12-10;/h2-6H,1H3,(H-,11,12);/q-1;+2. The van der Waals surface area contributed by atoms with Gasteiger partial charge >= 0.3 is 31.1 Å². The fourth-order valence-corrected chi connectivity index (χ4v) is 1.26. The molecule has 1 N–H and O–H groups in total. The van der Waals surface area contributed by atoms with Gasteiger partial charge in [0.05, 0.1) is 5.52 Å². The summed E-state index contributed by atoms with van der Waals surface area (Å²) in [6, 6.07) is 7.66. The molecule has 0 aliphatic heterocycles. The molecule has 0 saturated carbocycles. The van der Waals surface area contributed by atoms with Crippen molar-refractivity contribution in [3.63, 3.8) is 0 Å². The summed E-state index contributed by atoms with van der Waals surface area (Å²) >= 11 is 0. The van der Waals surface area contributed by atoms with E-state index in [0.29, 0.717) is 5.69 Å². The Labute approximate surface area is 101 Å². The van der Waals surface area contributed by atoms with Gasteiger partial charge in [0.1, 0.15) is 0 Å². The van der Waals surface area contributed by atoms with Crippen molar-refractivity contribution < 1.29 is 31.1 Å². The molecule has 0 aliphatic rings. The molecule has 0 saturated heterocycles. The minimum Gasteiger partial charge on any atom is -0.698 e. The van der Waals surface area contributed by atoms with Crippen LogP contribution in [0.15, 0.2) is 30.5 Å². The van der Waals surface area contributed by atoms with Crippen LogP contribution < -0.4 is 0 Å². The minimum atomic E-state index is 0. The summed E-state index contributed by atoms with van der Waals surface area (Å²) in [6.45, 7) is 2.02. The molecule has 0 fully saturated rings. The van der Waals surface area contributed by atoms with Crippen LogP contribution in [0.2, 0.25) is 0 Å². The zero-order valence-electron chi connectivity index (χ0n) is 7.33. The molecule has 13 heavy (non-hydrogen) atoms. The van der Waals surface area contributed by atoms with E-state index >= 15 is 0 Å². The third-order valence-electron chi connectivity index (χ3n) is 1.90. The number of pyridine rings is 1. The summed E-state index contributed by atoms with van der Waals surface area (Å²) in [5, 5.41) is 0.928. The molecule has 2 nitrogen and oxygen atoms in total. The Hall–Kier alpha value is -0.518. The minimum absolute atomic E-state index is 0. The van der Waals surface area contributed by atoms with Crippen molar-refractivity contribution in [1.82, 2.24) is 4.98 Å². The zero-order chi connectivity index (χ0) is 8.55. The number of hydrogen-bond donors (Lipinski definition) is 0. The number of aromatic nitrogens is 1. The van der Waals surface area contributed by atoms with E-state index in [0.717, 1.165) is 10.9 Å². The van der Waals surface area contributed by atoms with Gasteiger partial charge in [-0.05, 0) is 18.4 Å². The second kappa shape index (κ2) is 4.13. The van der Waals surface area contributed by atoms with Crippen molar-refractivity contribution in [3.05, 3.63) is 41.8 Å². The molecule has 1 aromatic carbocycles. The van der Waals surface area contributed by atoms with Crippen LogP contribution in [0.3, 0.4) is 0 Å². The number of aryl methyl sites for hydroxylation is 1. The van der Waals surface area contributed by atoms with Gasteiger partial charge in [0, 0.05) is 6.20 Å². The second-order valence-electron chi connectivity index (χ2n) is 2.88. The number of benzene rings is 1. The van der Waals surface area contributed by atoms with Gasteiger partial charge in [-0.25, -0.2) is 0 Å². The quantitative estimate of drug-likeness (QED) is 0.675. The van der Waals surface area contributed by atoms with Gasteiger partial charge < -0.3 is 5.73 Å². The fourth-order valence-electron chi connectivity index (χ4n) is 1.26. The van der Waals surface area contributed by atoms with Crippen molar-refractivity contribution in [3.8, 4) is 0 Å². The van der Waals surface area contributed by atoms with E-state index in [1.54, 1.807) is 12.3 Å². The van der Waals surface area contributed by atoms with Crippen LogP contribution in [0, 0.1) is 38.0 Å². The third kappa shape index (κ3) is 2.04. The van der Waals surface area contributed by atoms with E-state index in [-0.39, 0.29) is 31.1 Å². The molecule has 3 heteroatoms. The van der Waals surface area contributed by atoms with Crippen LogP contribution in [0.25, 0.3) is 16.6 Å². The molecule has 0 aliphatic carbocycles. The van der Waals surface area contributed by atoms with Crippen molar-refractivity contribution in [2.24, 2.45) is 0 Å². The van der Waals surface area contributed by atoms with Gasteiger partial charge in [-0.1, -0.05) is 23.8 Å². The maximum absolute atomic E-state index is 7.62. The smallest absolute Gasteiger partial charge is 0.698 e. The second-order valence-corrected chi connectivity index (χ2v) is 2.88. The van der Waals surface area contributed by atoms with E-state index in [4.69, 9.17) is 5.73 Å². The maximum atomic E-state index is 7.62. The Kier molecular flexibility index (Phi) is 3.35. The van der Waals surface area contributed by atoms with Crippen molar-refractivity contribution in [2.45, 2.75) is 6.92 Å². The SMILES string of the molecule is Cc1ccc2nccc([NH-])c2c1.[U+2]. The average Bonchev–Trinajstić information content (AvgIpc) is 2.07. The molecular formula is C10H9N2U+. The molecule has 0 atom stereocenters. The summed E-state index contributed by atoms with van der Waals surface area (Å²) < 4.78 is 0. The van der Waals surface area contributed by atoms with Gasteiger partial charge in [-0.15, -0.1) is 5.69 Å². The largest absolute Gasteiger partial charge is 2.00 e. The van der Waals surface area contributed by atoms with E-state index in [1.165, 1.54) is 5.56 Å². The molecule has 0 spiro atoms. The first-order chi connectivity index (χ1) is 5.77. The van der Waals surface area contributed by atoms with Crippen LogP contribution >= 0.6 is 0 Å². The van der Waals surface area contributed by atoms with E-state index in [9.17, 15) is 0 Å². The third-order valence-corrected chi connectivity index (χ3v) is 1.90. The molecule has 1 heterocycles. The first-order valence-corrected chi connectivity index (χ1v) is 3.84. The van der Waals surface area contributed by atoms with Crippen LogP contribution in [0.1, 0.15) is 5.56 Å². The van der Waals surface area contributed by atoms with Gasteiger partial charge in [-0.2, -0.15) is 0 Å². The predicted molar refractivity (Wildman–Crippen MR) is 50.5 cm³/mol. The average molecular weight is 395 g/mol. The van der Waals surface area contributed by atoms with Crippen molar-refractivity contribution in [2.75, 3.05) is 0 Å². The van der Waals surface area contributed by atoms with Crippen molar-refractivity contribution in [1.29, 1.82) is 0 Å². The molecule has 2 aromatic rings. The molecule has 0 radical (unpaired) electrons. The Morgan fingerprint density at radius 3 is 2.77 bits per heavy atom. The van der Waals surface area contributed by atoms with Crippen molar-refractivity contribution >= 4 is 16.6 Å². The molecule has 0 unspecified atom stereocenters. The van der Waals surface area contributed by atoms with E-state index in [1.807, 2.05) is 25.1 Å². The van der Waals surface area contributed by atoms with Gasteiger partial charge in [0.15, 0.2) is 0 Å². The fraction of sp³-hybridized carbons (Fsp3) is 0.100. The Balaban J connectivity index is 0.000000845. The van der Waals surface area contributed by atoms with Crippen LogP contribution in [-0.2, 0) is 0 Å². The summed E-state index contributed by atoms with van der Waals surface area (Å²) in [5.41, 5.74) is 10.2. The molecule has 2 rings (SSSR count). The summed E-state index contributed by atoms with van der Waals surface area (Å²) in [4.78, 5) is 4.16. The Morgan fingerprint density at radius 1 is 1.23 bits per heavy atom. The van der Waals surface area contributed by atoms with Gasteiger partial charge in [-0.3, -0.25) is 4.98 Å².